The fraction of sp³-hybridized carbons (Fsp3) is 0.630. The maximum atomic E-state index is 13.2. The highest BCUT2D eigenvalue weighted by molar-refractivity contribution is 5.82. The number of rotatable bonds is 8. The minimum absolute atomic E-state index is 0.0101. The summed E-state index contributed by atoms with van der Waals surface area (Å²) in [5, 5.41) is 14.2. The van der Waals surface area contributed by atoms with Crippen molar-refractivity contribution in [2.75, 3.05) is 13.2 Å². The number of tetrazole rings is 1. The number of nitrogens with one attached hydrogen (secondary N) is 1. The van der Waals surface area contributed by atoms with Crippen LogP contribution in [0.25, 0.3) is 10.9 Å². The average molecular weight is 479 g/mol. The first kappa shape index (κ1) is 24.1. The van der Waals surface area contributed by atoms with Crippen molar-refractivity contribution in [3.63, 3.8) is 0 Å². The zero-order chi connectivity index (χ0) is 24.5. The molecule has 2 atom stereocenters. The molecule has 0 unspecified atom stereocenters. The third-order valence-corrected chi connectivity index (χ3v) is 7.68. The predicted molar refractivity (Wildman–Crippen MR) is 136 cm³/mol. The summed E-state index contributed by atoms with van der Waals surface area (Å²) >= 11 is 0. The summed E-state index contributed by atoms with van der Waals surface area (Å²) in [6, 6.07) is 6.67. The number of aromatic amines is 1. The van der Waals surface area contributed by atoms with Crippen LogP contribution in [0.5, 0.6) is 0 Å². The zero-order valence-electron chi connectivity index (χ0n) is 21.5. The van der Waals surface area contributed by atoms with Crippen LogP contribution in [0.15, 0.2) is 23.0 Å². The molecule has 0 bridgehead atoms. The first-order valence-electron chi connectivity index (χ1n) is 13.2. The Kier molecular flexibility index (Phi) is 7.02. The molecular formula is C27H38N6O2. The summed E-state index contributed by atoms with van der Waals surface area (Å²) in [7, 11) is 0. The molecule has 2 fully saturated rings. The van der Waals surface area contributed by atoms with Gasteiger partial charge < -0.3 is 9.72 Å². The molecule has 8 nitrogen and oxygen atoms in total. The van der Waals surface area contributed by atoms with E-state index in [-0.39, 0.29) is 23.6 Å². The first-order chi connectivity index (χ1) is 16.9. The van der Waals surface area contributed by atoms with Crippen LogP contribution in [0.1, 0.15) is 87.0 Å². The van der Waals surface area contributed by atoms with Gasteiger partial charge >= 0.3 is 0 Å². The van der Waals surface area contributed by atoms with Gasteiger partial charge in [0.15, 0.2) is 5.82 Å². The largest absolute Gasteiger partial charge is 0.377 e. The highest BCUT2D eigenvalue weighted by Gasteiger charge is 2.34. The van der Waals surface area contributed by atoms with Gasteiger partial charge in [-0.15, -0.1) is 5.10 Å². The molecule has 2 aliphatic rings. The second-order valence-electron chi connectivity index (χ2n) is 10.8. The number of fused-ring (bicyclic) bond motifs is 1. The summed E-state index contributed by atoms with van der Waals surface area (Å²) in [4.78, 5) is 18.8. The van der Waals surface area contributed by atoms with Crippen molar-refractivity contribution in [1.82, 2.24) is 30.1 Å². The third kappa shape index (κ3) is 5.05. The molecule has 3 heterocycles. The van der Waals surface area contributed by atoms with Crippen molar-refractivity contribution < 1.29 is 4.74 Å². The maximum Gasteiger partial charge on any atom is 0.252 e. The van der Waals surface area contributed by atoms with E-state index in [0.717, 1.165) is 66.7 Å². The van der Waals surface area contributed by atoms with Crippen LogP contribution in [0, 0.1) is 19.8 Å². The Bertz CT molecular complexity index is 1220. The van der Waals surface area contributed by atoms with Crippen molar-refractivity contribution in [2.45, 2.75) is 91.0 Å². The van der Waals surface area contributed by atoms with E-state index >= 15 is 0 Å². The van der Waals surface area contributed by atoms with Crippen LogP contribution >= 0.6 is 0 Å². The van der Waals surface area contributed by atoms with Crippen LogP contribution in [-0.4, -0.2) is 49.3 Å². The number of aryl methyl sites for hydroxylation is 2. The molecule has 1 aliphatic heterocycles. The predicted octanol–water partition coefficient (Wildman–Crippen LogP) is 4.62. The van der Waals surface area contributed by atoms with Gasteiger partial charge in [0.25, 0.3) is 5.56 Å². The maximum absolute atomic E-state index is 13.2. The zero-order valence-corrected chi connectivity index (χ0v) is 21.5. The van der Waals surface area contributed by atoms with Crippen LogP contribution in [0.2, 0.25) is 0 Å². The Hall–Kier alpha value is -2.58. The SMILES string of the molecule is Cc1cc(C)c2[nH]c(=O)c(CN(C[C@@H]3CCCO3)[C@@H](c3nnnn3C3CCCC3)C(C)C)cc2c1. The fourth-order valence-corrected chi connectivity index (χ4v) is 6.08. The summed E-state index contributed by atoms with van der Waals surface area (Å²) in [5.74, 6) is 1.18. The number of aromatic nitrogens is 5. The highest BCUT2D eigenvalue weighted by atomic mass is 16.5. The normalized spacial score (nSPS) is 20.0. The minimum atomic E-state index is -0.0281. The number of hydrogen-bond donors (Lipinski definition) is 1. The van der Waals surface area contributed by atoms with E-state index in [4.69, 9.17) is 4.74 Å². The number of ether oxygens (including phenoxy) is 1. The quantitative estimate of drug-likeness (QED) is 0.508. The van der Waals surface area contributed by atoms with Gasteiger partial charge in [-0.2, -0.15) is 0 Å². The monoisotopic (exact) mass is 478 g/mol. The lowest BCUT2D eigenvalue weighted by Gasteiger charge is -2.35. The summed E-state index contributed by atoms with van der Waals surface area (Å²) < 4.78 is 8.11. The van der Waals surface area contributed by atoms with Crippen LogP contribution in [0.3, 0.4) is 0 Å². The van der Waals surface area contributed by atoms with E-state index in [1.165, 1.54) is 18.4 Å². The highest BCUT2D eigenvalue weighted by Crippen LogP contribution is 2.35. The Morgan fingerprint density at radius 3 is 2.66 bits per heavy atom. The molecule has 8 heteroatoms. The van der Waals surface area contributed by atoms with Crippen LogP contribution < -0.4 is 5.56 Å². The minimum Gasteiger partial charge on any atom is -0.377 e. The van der Waals surface area contributed by atoms with Gasteiger partial charge in [0.2, 0.25) is 0 Å². The molecule has 188 valence electrons. The molecular weight excluding hydrogens is 440 g/mol. The average Bonchev–Trinajstić information content (AvgIpc) is 3.57. The van der Waals surface area contributed by atoms with Gasteiger partial charge in [-0.25, -0.2) is 4.68 Å². The van der Waals surface area contributed by atoms with E-state index < -0.39 is 0 Å². The standard InChI is InChI=1S/C27H38N6O2/c1-17(2)25(26-29-30-31-33(26)22-8-5-6-9-22)32(16-23-10-7-11-35-23)15-21-14-20-13-18(3)12-19(4)24(20)28-27(21)34/h12-14,17,22-23,25H,5-11,15-16H2,1-4H3,(H,28,34)/t23-,25+/m0/s1. The summed E-state index contributed by atoms with van der Waals surface area (Å²) in [6.45, 7) is 10.7. The van der Waals surface area contributed by atoms with Gasteiger partial charge in [-0.3, -0.25) is 9.69 Å². The van der Waals surface area contributed by atoms with Crippen LogP contribution in [-0.2, 0) is 11.3 Å². The van der Waals surface area contributed by atoms with E-state index in [1.54, 1.807) is 0 Å². The fourth-order valence-electron chi connectivity index (χ4n) is 6.08. The van der Waals surface area contributed by atoms with Gasteiger partial charge in [-0.05, 0) is 79.0 Å². The molecule has 0 radical (unpaired) electrons. The lowest BCUT2D eigenvalue weighted by atomic mass is 9.99. The second kappa shape index (κ2) is 10.2. The molecule has 1 saturated carbocycles. The number of hydrogen-bond acceptors (Lipinski definition) is 6. The summed E-state index contributed by atoms with van der Waals surface area (Å²) in [5.41, 5.74) is 3.95. The van der Waals surface area contributed by atoms with Crippen molar-refractivity contribution in [1.29, 1.82) is 0 Å². The van der Waals surface area contributed by atoms with E-state index in [0.29, 0.717) is 12.6 Å². The Balaban J connectivity index is 1.53. The van der Waals surface area contributed by atoms with Crippen molar-refractivity contribution in [3.8, 4) is 0 Å². The van der Waals surface area contributed by atoms with Gasteiger partial charge in [0.05, 0.1) is 23.7 Å². The summed E-state index contributed by atoms with van der Waals surface area (Å²) in [6.07, 6.45) is 6.98. The molecule has 35 heavy (non-hydrogen) atoms. The molecule has 0 spiro atoms. The number of nitrogens with zero attached hydrogens (tertiary/aromatic N) is 5. The van der Waals surface area contributed by atoms with Gasteiger partial charge in [0, 0.05) is 25.3 Å². The van der Waals surface area contributed by atoms with Crippen LogP contribution in [0.4, 0.5) is 0 Å². The Morgan fingerprint density at radius 1 is 1.14 bits per heavy atom. The molecule has 1 aromatic carbocycles. The molecule has 3 aromatic rings. The molecule has 1 aliphatic carbocycles. The van der Waals surface area contributed by atoms with Crippen molar-refractivity contribution in [2.24, 2.45) is 5.92 Å². The smallest absolute Gasteiger partial charge is 0.252 e. The Morgan fingerprint density at radius 2 is 1.94 bits per heavy atom. The van der Waals surface area contributed by atoms with Gasteiger partial charge in [-0.1, -0.05) is 38.3 Å². The van der Waals surface area contributed by atoms with E-state index in [9.17, 15) is 4.79 Å². The molecule has 1 N–H and O–H groups in total. The number of H-pyrrole nitrogens is 1. The molecule has 5 rings (SSSR count). The van der Waals surface area contributed by atoms with E-state index in [1.807, 2.05) is 6.92 Å². The van der Waals surface area contributed by atoms with Crippen molar-refractivity contribution >= 4 is 10.9 Å². The number of pyridine rings is 1. The Labute approximate surface area is 207 Å². The molecule has 1 saturated heterocycles. The first-order valence-corrected chi connectivity index (χ1v) is 13.2. The van der Waals surface area contributed by atoms with E-state index in [2.05, 4.69) is 69.1 Å². The third-order valence-electron chi connectivity index (χ3n) is 7.68. The van der Waals surface area contributed by atoms with Gasteiger partial charge in [0.1, 0.15) is 0 Å². The number of benzene rings is 1. The molecule has 2 aromatic heterocycles. The topological polar surface area (TPSA) is 88.9 Å². The molecule has 0 amide bonds. The second-order valence-corrected chi connectivity index (χ2v) is 10.8. The van der Waals surface area contributed by atoms with Crippen molar-refractivity contribution in [3.05, 3.63) is 51.1 Å². The lowest BCUT2D eigenvalue weighted by molar-refractivity contribution is 0.0379. The lowest BCUT2D eigenvalue weighted by Crippen LogP contribution is -2.40.